The number of aliphatic hydroxyl groups is 1. The minimum Gasteiger partial charge on any atom is -0.444 e. The third-order valence-corrected chi connectivity index (χ3v) is 5.65. The normalized spacial score (nSPS) is 11.7. The lowest BCUT2D eigenvalue weighted by molar-refractivity contribution is -0.115. The lowest BCUT2D eigenvalue weighted by atomic mass is 10.0. The first-order valence-electron chi connectivity index (χ1n) is 12.0. The molecule has 0 aliphatic carbocycles. The summed E-state index contributed by atoms with van der Waals surface area (Å²) in [4.78, 5) is 21.0. The molecule has 0 saturated carbocycles. The van der Waals surface area contributed by atoms with E-state index < -0.39 is 18.6 Å². The summed E-state index contributed by atoms with van der Waals surface area (Å²) in [6.45, 7) is 2.95. The number of hydrogen-bond donors (Lipinski definition) is 3. The number of alkyl halides is 3. The first-order valence-corrected chi connectivity index (χ1v) is 12.0. The summed E-state index contributed by atoms with van der Waals surface area (Å²) in [7, 11) is 0. The molecule has 3 heterocycles. The Morgan fingerprint density at radius 2 is 1.95 bits per heavy atom. The SMILES string of the molecule is CC(C)c1ccc(-n2cc(NC(=O)c3coc(-c4ccnc(NCC(F)(F)F)c4)n3)c(CCCO)n2)cc1. The molecule has 4 aromatic rings. The Morgan fingerprint density at radius 3 is 2.63 bits per heavy atom. The molecular weight excluding hydrogens is 501 g/mol. The maximum Gasteiger partial charge on any atom is 0.405 e. The number of aryl methyl sites for hydroxylation is 1. The van der Waals surface area contributed by atoms with Crippen molar-refractivity contribution in [2.24, 2.45) is 0 Å². The fraction of sp³-hybridized carbons (Fsp3) is 0.308. The summed E-state index contributed by atoms with van der Waals surface area (Å²) in [5.41, 5.74) is 3.39. The van der Waals surface area contributed by atoms with Crippen molar-refractivity contribution >= 4 is 17.4 Å². The predicted octanol–water partition coefficient (Wildman–Crippen LogP) is 5.20. The summed E-state index contributed by atoms with van der Waals surface area (Å²) in [5, 5.41) is 18.9. The average molecular weight is 529 g/mol. The second-order valence-electron chi connectivity index (χ2n) is 8.90. The van der Waals surface area contributed by atoms with Crippen LogP contribution < -0.4 is 10.6 Å². The molecule has 0 atom stereocenters. The van der Waals surface area contributed by atoms with E-state index in [-0.39, 0.29) is 24.0 Å². The van der Waals surface area contributed by atoms with E-state index >= 15 is 0 Å². The molecule has 0 bridgehead atoms. The predicted molar refractivity (Wildman–Crippen MR) is 135 cm³/mol. The molecule has 0 fully saturated rings. The highest BCUT2D eigenvalue weighted by Gasteiger charge is 2.27. The van der Waals surface area contributed by atoms with Gasteiger partial charge >= 0.3 is 6.18 Å². The van der Waals surface area contributed by atoms with Gasteiger partial charge in [0.25, 0.3) is 5.91 Å². The number of nitrogens with zero attached hydrogens (tertiary/aromatic N) is 4. The van der Waals surface area contributed by atoms with Gasteiger partial charge in [-0.3, -0.25) is 4.79 Å². The Kier molecular flexibility index (Phi) is 8.10. The molecule has 3 aromatic heterocycles. The number of aliphatic hydroxyl groups excluding tert-OH is 1. The van der Waals surface area contributed by atoms with Crippen LogP contribution in [0.3, 0.4) is 0 Å². The van der Waals surface area contributed by atoms with Gasteiger partial charge in [-0.05, 0) is 48.6 Å². The van der Waals surface area contributed by atoms with Crippen LogP contribution in [0.1, 0.15) is 47.9 Å². The molecule has 0 unspecified atom stereocenters. The lowest BCUT2D eigenvalue weighted by Crippen LogP contribution is -2.21. The van der Waals surface area contributed by atoms with E-state index in [1.54, 1.807) is 10.9 Å². The zero-order valence-electron chi connectivity index (χ0n) is 20.8. The average Bonchev–Trinajstić information content (AvgIpc) is 3.54. The summed E-state index contributed by atoms with van der Waals surface area (Å²) < 4.78 is 44.5. The highest BCUT2D eigenvalue weighted by molar-refractivity contribution is 6.03. The van der Waals surface area contributed by atoms with Gasteiger partial charge in [-0.25, -0.2) is 14.6 Å². The quantitative estimate of drug-likeness (QED) is 0.259. The van der Waals surface area contributed by atoms with Crippen molar-refractivity contribution in [2.45, 2.75) is 38.8 Å². The van der Waals surface area contributed by atoms with Crippen molar-refractivity contribution in [1.29, 1.82) is 0 Å². The zero-order chi connectivity index (χ0) is 27.3. The van der Waals surface area contributed by atoms with E-state index in [0.29, 0.717) is 35.7 Å². The van der Waals surface area contributed by atoms with Crippen molar-refractivity contribution in [1.82, 2.24) is 19.7 Å². The minimum absolute atomic E-state index is 0.00797. The number of carbonyl (C=O) groups is 1. The van der Waals surface area contributed by atoms with Crippen LogP contribution in [0.2, 0.25) is 0 Å². The van der Waals surface area contributed by atoms with Gasteiger partial charge in [0.15, 0.2) is 5.69 Å². The Balaban J connectivity index is 1.51. The van der Waals surface area contributed by atoms with Gasteiger partial charge in [-0.15, -0.1) is 0 Å². The smallest absolute Gasteiger partial charge is 0.405 e. The van der Waals surface area contributed by atoms with Gasteiger partial charge in [-0.1, -0.05) is 26.0 Å². The number of oxazole rings is 1. The van der Waals surface area contributed by atoms with Crippen LogP contribution >= 0.6 is 0 Å². The van der Waals surface area contributed by atoms with Gasteiger partial charge in [-0.2, -0.15) is 18.3 Å². The Bertz CT molecular complexity index is 1380. The van der Waals surface area contributed by atoms with Crippen LogP contribution in [-0.4, -0.2) is 50.1 Å². The van der Waals surface area contributed by atoms with E-state index in [0.717, 1.165) is 12.0 Å². The van der Waals surface area contributed by atoms with Crippen LogP contribution in [0.25, 0.3) is 17.1 Å². The third kappa shape index (κ3) is 6.76. The molecule has 3 N–H and O–H groups in total. The monoisotopic (exact) mass is 528 g/mol. The topological polar surface area (TPSA) is 118 Å². The van der Waals surface area contributed by atoms with Crippen LogP contribution in [0.15, 0.2) is 59.5 Å². The second kappa shape index (κ2) is 11.5. The third-order valence-electron chi connectivity index (χ3n) is 5.65. The van der Waals surface area contributed by atoms with Crippen molar-refractivity contribution in [3.63, 3.8) is 0 Å². The van der Waals surface area contributed by atoms with E-state index in [4.69, 9.17) is 4.42 Å². The van der Waals surface area contributed by atoms with Crippen LogP contribution in [0, 0.1) is 0 Å². The van der Waals surface area contributed by atoms with Crippen molar-refractivity contribution in [3.8, 4) is 17.1 Å². The Morgan fingerprint density at radius 1 is 1.18 bits per heavy atom. The van der Waals surface area contributed by atoms with E-state index in [2.05, 4.69) is 39.5 Å². The lowest BCUT2D eigenvalue weighted by Gasteiger charge is -2.08. The Hall–Kier alpha value is -4.19. The number of rotatable bonds is 10. The van der Waals surface area contributed by atoms with Crippen molar-refractivity contribution < 1.29 is 27.5 Å². The summed E-state index contributed by atoms with van der Waals surface area (Å²) >= 11 is 0. The minimum atomic E-state index is -4.40. The van der Waals surface area contributed by atoms with Gasteiger partial charge < -0.3 is 20.2 Å². The van der Waals surface area contributed by atoms with Gasteiger partial charge in [0.2, 0.25) is 5.89 Å². The first kappa shape index (κ1) is 26.9. The van der Waals surface area contributed by atoms with Crippen LogP contribution in [0.4, 0.5) is 24.7 Å². The number of halogens is 3. The number of pyridine rings is 1. The number of nitrogens with one attached hydrogen (secondary N) is 2. The molecule has 12 heteroatoms. The van der Waals surface area contributed by atoms with Crippen molar-refractivity contribution in [3.05, 3.63) is 72.0 Å². The summed E-state index contributed by atoms with van der Waals surface area (Å²) in [5.74, 6) is -0.122. The standard InChI is InChI=1S/C26H27F3N6O3/c1-16(2)17-5-7-19(8-6-17)35-13-21(20(34-35)4-3-11-36)32-24(37)22-14-38-25(33-22)18-9-10-30-23(12-18)31-15-26(27,28)29/h5-10,12-14,16,36H,3-4,11,15H2,1-2H3,(H,30,31)(H,32,37). The molecule has 0 radical (unpaired) electrons. The molecule has 38 heavy (non-hydrogen) atoms. The molecule has 0 aliphatic rings. The van der Waals surface area contributed by atoms with E-state index in [1.807, 2.05) is 24.3 Å². The molecule has 9 nitrogen and oxygen atoms in total. The molecule has 1 aromatic carbocycles. The van der Waals surface area contributed by atoms with Crippen molar-refractivity contribution in [2.75, 3.05) is 23.8 Å². The molecule has 0 spiro atoms. The number of hydrogen-bond acceptors (Lipinski definition) is 7. The molecule has 0 aliphatic heterocycles. The van der Waals surface area contributed by atoms with Crippen LogP contribution in [-0.2, 0) is 6.42 Å². The summed E-state index contributed by atoms with van der Waals surface area (Å²) in [6.07, 6.45) is 0.680. The number of anilines is 2. The highest BCUT2D eigenvalue weighted by atomic mass is 19.4. The van der Waals surface area contributed by atoms with Crippen LogP contribution in [0.5, 0.6) is 0 Å². The number of carbonyl (C=O) groups excluding carboxylic acids is 1. The number of amides is 1. The largest absolute Gasteiger partial charge is 0.444 e. The van der Waals surface area contributed by atoms with E-state index in [1.165, 1.54) is 23.9 Å². The fourth-order valence-electron chi connectivity index (χ4n) is 3.64. The fourth-order valence-corrected chi connectivity index (χ4v) is 3.64. The molecule has 4 rings (SSSR count). The Labute approximate surface area is 216 Å². The summed E-state index contributed by atoms with van der Waals surface area (Å²) in [6, 6.07) is 10.8. The maximum absolute atomic E-state index is 13.0. The van der Waals surface area contributed by atoms with Gasteiger partial charge in [0, 0.05) is 18.4 Å². The van der Waals surface area contributed by atoms with E-state index in [9.17, 15) is 23.1 Å². The zero-order valence-corrected chi connectivity index (χ0v) is 20.8. The molecular formula is C26H27F3N6O3. The second-order valence-corrected chi connectivity index (χ2v) is 8.90. The number of aromatic nitrogens is 4. The number of benzene rings is 1. The van der Waals surface area contributed by atoms with Gasteiger partial charge in [0.1, 0.15) is 18.6 Å². The molecule has 200 valence electrons. The first-order chi connectivity index (χ1) is 18.1. The maximum atomic E-state index is 13.0. The van der Waals surface area contributed by atoms with Gasteiger partial charge in [0.05, 0.1) is 23.3 Å². The molecule has 0 saturated heterocycles. The highest BCUT2D eigenvalue weighted by Crippen LogP contribution is 2.24. The molecule has 1 amide bonds.